The van der Waals surface area contributed by atoms with E-state index in [1.807, 2.05) is 0 Å². The Bertz CT molecular complexity index is 566. The highest BCUT2D eigenvalue weighted by Gasteiger charge is 2.16. The number of aromatic nitrogens is 2. The lowest BCUT2D eigenvalue weighted by atomic mass is 10.1. The molecule has 0 aromatic carbocycles. The van der Waals surface area contributed by atoms with Crippen LogP contribution in [0.3, 0.4) is 0 Å². The number of hydrogen-bond acceptors (Lipinski definition) is 6. The number of aliphatic hydroxyl groups excluding tert-OH is 1. The van der Waals surface area contributed by atoms with Crippen molar-refractivity contribution >= 4 is 6.03 Å². The first-order chi connectivity index (χ1) is 10.0. The summed E-state index contributed by atoms with van der Waals surface area (Å²) < 4.78 is 9.98. The third kappa shape index (κ3) is 4.60. The zero-order chi connectivity index (χ0) is 15.2. The Kier molecular flexibility index (Phi) is 4.94. The Balaban J connectivity index is 1.71. The Morgan fingerprint density at radius 2 is 2.33 bits per heavy atom. The number of carbonyl (C=O) groups is 1. The van der Waals surface area contributed by atoms with Crippen LogP contribution in [0.2, 0.25) is 0 Å². The zero-order valence-corrected chi connectivity index (χ0v) is 11.9. The van der Waals surface area contributed by atoms with Gasteiger partial charge >= 0.3 is 6.03 Å². The molecule has 0 fully saturated rings. The summed E-state index contributed by atoms with van der Waals surface area (Å²) >= 11 is 0. The number of rotatable bonds is 6. The van der Waals surface area contributed by atoms with E-state index in [-0.39, 0.29) is 18.6 Å². The molecule has 0 saturated heterocycles. The summed E-state index contributed by atoms with van der Waals surface area (Å²) in [5, 5.41) is 18.8. The summed E-state index contributed by atoms with van der Waals surface area (Å²) in [6.07, 6.45) is 1.09. The largest absolute Gasteiger partial charge is 0.467 e. The summed E-state index contributed by atoms with van der Waals surface area (Å²) in [6, 6.07) is 2.80. The third-order valence-electron chi connectivity index (χ3n) is 2.80. The molecule has 2 atom stereocenters. The summed E-state index contributed by atoms with van der Waals surface area (Å²) in [5.41, 5.74) is 0. The normalized spacial score (nSPS) is 13.7. The smallest absolute Gasteiger partial charge is 0.315 e. The van der Waals surface area contributed by atoms with Crippen molar-refractivity contribution in [2.45, 2.75) is 39.0 Å². The standard InChI is InChI=1S/C13H18N4O4/c1-8(6-10(18)11-4-3-5-20-11)15-13(19)14-7-12-16-9(2)17-21-12/h3-5,8,10,18H,6-7H2,1-2H3,(H2,14,15,19). The molecule has 8 heteroatoms. The molecule has 2 heterocycles. The summed E-state index contributed by atoms with van der Waals surface area (Å²) in [6.45, 7) is 3.65. The number of nitrogens with one attached hydrogen (secondary N) is 2. The maximum Gasteiger partial charge on any atom is 0.315 e. The quantitative estimate of drug-likeness (QED) is 0.739. The topological polar surface area (TPSA) is 113 Å². The molecule has 0 aliphatic heterocycles. The first-order valence-electron chi connectivity index (χ1n) is 6.59. The molecule has 0 spiro atoms. The van der Waals surface area contributed by atoms with E-state index < -0.39 is 6.10 Å². The Labute approximate surface area is 121 Å². The maximum absolute atomic E-state index is 11.7. The van der Waals surface area contributed by atoms with E-state index in [1.54, 1.807) is 26.0 Å². The lowest BCUT2D eigenvalue weighted by Crippen LogP contribution is -2.41. The minimum Gasteiger partial charge on any atom is -0.467 e. The molecule has 2 aromatic rings. The molecule has 3 N–H and O–H groups in total. The fourth-order valence-electron chi connectivity index (χ4n) is 1.83. The molecule has 114 valence electrons. The molecule has 2 aromatic heterocycles. The molecular weight excluding hydrogens is 276 g/mol. The molecule has 2 amide bonds. The summed E-state index contributed by atoms with van der Waals surface area (Å²) in [7, 11) is 0. The van der Waals surface area contributed by atoms with E-state index in [0.29, 0.717) is 23.9 Å². The van der Waals surface area contributed by atoms with Gasteiger partial charge in [-0.1, -0.05) is 5.16 Å². The highest BCUT2D eigenvalue weighted by atomic mass is 16.5. The van der Waals surface area contributed by atoms with Crippen LogP contribution in [0.4, 0.5) is 4.79 Å². The van der Waals surface area contributed by atoms with Gasteiger partial charge in [-0.15, -0.1) is 0 Å². The van der Waals surface area contributed by atoms with Crippen molar-refractivity contribution in [2.75, 3.05) is 0 Å². The van der Waals surface area contributed by atoms with Crippen molar-refractivity contribution in [3.63, 3.8) is 0 Å². The van der Waals surface area contributed by atoms with Crippen LogP contribution >= 0.6 is 0 Å². The number of aliphatic hydroxyl groups is 1. The van der Waals surface area contributed by atoms with Crippen molar-refractivity contribution in [2.24, 2.45) is 0 Å². The second-order valence-corrected chi connectivity index (χ2v) is 4.73. The van der Waals surface area contributed by atoms with Crippen LogP contribution in [0.1, 0.15) is 36.9 Å². The van der Waals surface area contributed by atoms with Gasteiger partial charge in [0.1, 0.15) is 11.9 Å². The van der Waals surface area contributed by atoms with Crippen molar-refractivity contribution in [1.82, 2.24) is 20.8 Å². The van der Waals surface area contributed by atoms with Crippen molar-refractivity contribution < 1.29 is 18.8 Å². The lowest BCUT2D eigenvalue weighted by molar-refractivity contribution is 0.129. The summed E-state index contributed by atoms with van der Waals surface area (Å²) in [5.74, 6) is 1.33. The van der Waals surface area contributed by atoms with Crippen molar-refractivity contribution in [3.05, 3.63) is 35.9 Å². The number of urea groups is 1. The Morgan fingerprint density at radius 3 is 2.95 bits per heavy atom. The average molecular weight is 294 g/mol. The minimum atomic E-state index is -0.756. The molecule has 0 bridgehead atoms. The number of amides is 2. The predicted octanol–water partition coefficient (Wildman–Crippen LogP) is 1.28. The molecule has 2 rings (SSSR count). The number of nitrogens with zero attached hydrogens (tertiary/aromatic N) is 2. The van der Waals surface area contributed by atoms with E-state index in [0.717, 1.165) is 0 Å². The molecule has 0 aliphatic rings. The van der Waals surface area contributed by atoms with E-state index >= 15 is 0 Å². The van der Waals surface area contributed by atoms with Gasteiger partial charge in [0.2, 0.25) is 5.89 Å². The second kappa shape index (κ2) is 6.89. The van der Waals surface area contributed by atoms with Crippen LogP contribution in [-0.2, 0) is 6.54 Å². The van der Waals surface area contributed by atoms with Gasteiger partial charge in [0.15, 0.2) is 5.82 Å². The van der Waals surface area contributed by atoms with Gasteiger partial charge in [-0.05, 0) is 26.0 Å². The van der Waals surface area contributed by atoms with E-state index in [4.69, 9.17) is 8.94 Å². The van der Waals surface area contributed by atoms with Gasteiger partial charge in [-0.2, -0.15) is 4.98 Å². The molecular formula is C13H18N4O4. The fraction of sp³-hybridized carbons (Fsp3) is 0.462. The van der Waals surface area contributed by atoms with Gasteiger partial charge in [0.05, 0.1) is 12.8 Å². The van der Waals surface area contributed by atoms with E-state index in [9.17, 15) is 9.90 Å². The SMILES string of the molecule is Cc1noc(CNC(=O)NC(C)CC(O)c2ccco2)n1. The number of hydrogen-bond donors (Lipinski definition) is 3. The molecule has 8 nitrogen and oxygen atoms in total. The van der Waals surface area contributed by atoms with Gasteiger partial charge in [0, 0.05) is 12.5 Å². The van der Waals surface area contributed by atoms with Crippen LogP contribution < -0.4 is 10.6 Å². The van der Waals surface area contributed by atoms with Crippen LogP contribution in [0.25, 0.3) is 0 Å². The summed E-state index contributed by atoms with van der Waals surface area (Å²) in [4.78, 5) is 15.7. The third-order valence-corrected chi connectivity index (χ3v) is 2.80. The van der Waals surface area contributed by atoms with Gasteiger partial charge < -0.3 is 24.7 Å². The monoisotopic (exact) mass is 294 g/mol. The molecule has 0 saturated carbocycles. The fourth-order valence-corrected chi connectivity index (χ4v) is 1.83. The Morgan fingerprint density at radius 1 is 1.52 bits per heavy atom. The predicted molar refractivity (Wildman–Crippen MR) is 72.2 cm³/mol. The molecule has 0 radical (unpaired) electrons. The van der Waals surface area contributed by atoms with Crippen molar-refractivity contribution in [1.29, 1.82) is 0 Å². The number of carbonyl (C=O) groups excluding carboxylic acids is 1. The van der Waals surface area contributed by atoms with Gasteiger partial charge in [-0.3, -0.25) is 0 Å². The average Bonchev–Trinajstić information content (AvgIpc) is 3.07. The minimum absolute atomic E-state index is 0.153. The van der Waals surface area contributed by atoms with E-state index in [2.05, 4.69) is 20.8 Å². The zero-order valence-electron chi connectivity index (χ0n) is 11.9. The van der Waals surface area contributed by atoms with Crippen LogP contribution in [0.5, 0.6) is 0 Å². The number of aryl methyl sites for hydroxylation is 1. The number of furan rings is 1. The van der Waals surface area contributed by atoms with Gasteiger partial charge in [0.25, 0.3) is 0 Å². The Hall–Kier alpha value is -2.35. The second-order valence-electron chi connectivity index (χ2n) is 4.73. The maximum atomic E-state index is 11.7. The van der Waals surface area contributed by atoms with Crippen LogP contribution in [0, 0.1) is 6.92 Å². The molecule has 0 aliphatic carbocycles. The highest BCUT2D eigenvalue weighted by Crippen LogP contribution is 2.18. The highest BCUT2D eigenvalue weighted by molar-refractivity contribution is 5.73. The molecule has 2 unspecified atom stereocenters. The lowest BCUT2D eigenvalue weighted by Gasteiger charge is -2.16. The van der Waals surface area contributed by atoms with Crippen molar-refractivity contribution in [3.8, 4) is 0 Å². The molecule has 21 heavy (non-hydrogen) atoms. The van der Waals surface area contributed by atoms with Crippen LogP contribution in [-0.4, -0.2) is 27.3 Å². The first-order valence-corrected chi connectivity index (χ1v) is 6.59. The first kappa shape index (κ1) is 15.0. The van der Waals surface area contributed by atoms with E-state index in [1.165, 1.54) is 6.26 Å². The van der Waals surface area contributed by atoms with Gasteiger partial charge in [-0.25, -0.2) is 4.79 Å². The van der Waals surface area contributed by atoms with Crippen LogP contribution in [0.15, 0.2) is 27.3 Å².